The summed E-state index contributed by atoms with van der Waals surface area (Å²) in [7, 11) is 1.95. The third-order valence-electron chi connectivity index (χ3n) is 2.45. The number of rotatable bonds is 1. The van der Waals surface area contributed by atoms with E-state index in [1.807, 2.05) is 9.24 Å². The lowest BCUT2D eigenvalue weighted by Gasteiger charge is -2.05. The molecule has 2 rings (SSSR count). The maximum atomic E-state index is 2.19. The Kier molecular flexibility index (Phi) is 2.65. The van der Waals surface area contributed by atoms with Crippen molar-refractivity contribution in [3.63, 3.8) is 0 Å². The van der Waals surface area contributed by atoms with Crippen LogP contribution in [-0.4, -0.2) is 0 Å². The predicted molar refractivity (Wildman–Crippen MR) is 67.4 cm³/mol. The fourth-order valence-electron chi connectivity index (χ4n) is 1.66. The average molecular weight is 201 g/mol. The minimum Gasteiger partial charge on any atom is -0.0620 e. The molecule has 0 aliphatic heterocycles. The average Bonchev–Trinajstić information content (AvgIpc) is 2.20. The highest BCUT2D eigenvalue weighted by Crippen LogP contribution is 2.22. The zero-order valence-electron chi connectivity index (χ0n) is 8.33. The summed E-state index contributed by atoms with van der Waals surface area (Å²) in [6, 6.07) is 17.1. The third-order valence-corrected chi connectivity index (χ3v) is 3.07. The smallest absolute Gasteiger partial charge is 0.0620 e. The molecule has 0 nitrogen and oxygen atoms in total. The van der Waals surface area contributed by atoms with Crippen LogP contribution in [0.5, 0.6) is 0 Å². The second-order valence-corrected chi connectivity index (χ2v) is 4.23. The van der Waals surface area contributed by atoms with Crippen LogP contribution in [0.2, 0.25) is 0 Å². The molecule has 0 N–H and O–H groups in total. The molecule has 1 atom stereocenters. The lowest BCUT2D eigenvalue weighted by atomic mass is 10.0. The van der Waals surface area contributed by atoms with Gasteiger partial charge in [-0.2, -0.15) is 0 Å². The van der Waals surface area contributed by atoms with E-state index in [0.717, 1.165) is 0 Å². The topological polar surface area (TPSA) is 0 Å². The Morgan fingerprint density at radius 3 is 2.00 bits per heavy atom. The van der Waals surface area contributed by atoms with Gasteiger partial charge in [-0.25, -0.2) is 0 Å². The van der Waals surface area contributed by atoms with Crippen LogP contribution in [-0.2, 0) is 0 Å². The molecule has 0 aliphatic rings. The van der Waals surface area contributed by atoms with Gasteiger partial charge in [-0.05, 0) is 24.1 Å². The van der Waals surface area contributed by atoms with Crippen LogP contribution in [0, 0.1) is 6.92 Å². The zero-order chi connectivity index (χ0) is 9.97. The van der Waals surface area contributed by atoms with Gasteiger partial charge in [0.05, 0.1) is 5.30 Å². The maximum Gasteiger partial charge on any atom is 0.0942 e. The standard InChI is InChI=1S/C13H13P/c1-10-6-2-3-7-11(10)12-8-4-5-9-13(12)14/h2-9H,14H2,1H3/p+1. The molecule has 0 spiro atoms. The van der Waals surface area contributed by atoms with E-state index in [0.29, 0.717) is 0 Å². The van der Waals surface area contributed by atoms with Crippen molar-refractivity contribution >= 4 is 14.5 Å². The van der Waals surface area contributed by atoms with Crippen molar-refractivity contribution in [1.82, 2.24) is 0 Å². The van der Waals surface area contributed by atoms with Gasteiger partial charge in [0, 0.05) is 14.8 Å². The fraction of sp³-hybridized carbons (Fsp3) is 0.0769. The quantitative estimate of drug-likeness (QED) is 0.622. The van der Waals surface area contributed by atoms with Crippen LogP contribution in [0.4, 0.5) is 0 Å². The van der Waals surface area contributed by atoms with Gasteiger partial charge in [0.2, 0.25) is 0 Å². The highest BCUT2D eigenvalue weighted by molar-refractivity contribution is 7.28. The van der Waals surface area contributed by atoms with Gasteiger partial charge < -0.3 is 0 Å². The van der Waals surface area contributed by atoms with Gasteiger partial charge in [-0.15, -0.1) is 0 Å². The summed E-state index contributed by atoms with van der Waals surface area (Å²) < 4.78 is 0. The molecule has 1 unspecified atom stereocenters. The van der Waals surface area contributed by atoms with Crippen molar-refractivity contribution in [3.05, 3.63) is 54.1 Å². The minimum absolute atomic E-state index is 1.34. The Bertz CT molecular complexity index is 403. The van der Waals surface area contributed by atoms with Crippen LogP contribution >= 0.6 is 9.24 Å². The van der Waals surface area contributed by atoms with E-state index in [4.69, 9.17) is 0 Å². The van der Waals surface area contributed by atoms with Crippen molar-refractivity contribution < 1.29 is 0 Å². The molecular weight excluding hydrogens is 187 g/mol. The van der Waals surface area contributed by atoms with Crippen molar-refractivity contribution in [2.24, 2.45) is 0 Å². The van der Waals surface area contributed by atoms with Crippen LogP contribution in [0.15, 0.2) is 48.5 Å². The van der Waals surface area contributed by atoms with Crippen LogP contribution < -0.4 is 5.30 Å². The summed E-state index contributed by atoms with van der Waals surface area (Å²) in [5.41, 5.74) is 4.04. The molecule has 0 aliphatic carbocycles. The molecular formula is C13H14P+. The van der Waals surface area contributed by atoms with E-state index in [1.165, 1.54) is 22.0 Å². The second-order valence-electron chi connectivity index (χ2n) is 3.47. The SMILES string of the molecule is Cc1ccccc1-c1ccccc1[PH3+]. The lowest BCUT2D eigenvalue weighted by molar-refractivity contribution is 1.47. The highest BCUT2D eigenvalue weighted by Gasteiger charge is 2.05. The molecule has 0 bridgehead atoms. The van der Waals surface area contributed by atoms with Crippen molar-refractivity contribution in [2.45, 2.75) is 6.92 Å². The summed E-state index contributed by atoms with van der Waals surface area (Å²) in [6.45, 7) is 2.16. The van der Waals surface area contributed by atoms with Gasteiger partial charge >= 0.3 is 0 Å². The first-order valence-electron chi connectivity index (χ1n) is 4.76. The van der Waals surface area contributed by atoms with Crippen LogP contribution in [0.1, 0.15) is 5.56 Å². The first-order valence-corrected chi connectivity index (χ1v) is 5.47. The molecule has 70 valence electrons. The molecule has 0 saturated carbocycles. The molecule has 0 fully saturated rings. The summed E-state index contributed by atoms with van der Waals surface area (Å²) >= 11 is 0. The van der Waals surface area contributed by atoms with E-state index >= 15 is 0 Å². The molecule has 14 heavy (non-hydrogen) atoms. The van der Waals surface area contributed by atoms with Gasteiger partial charge in [0.15, 0.2) is 0 Å². The monoisotopic (exact) mass is 201 g/mol. The summed E-state index contributed by atoms with van der Waals surface area (Å²) in [4.78, 5) is 0. The third kappa shape index (κ3) is 1.71. The Hall–Kier alpha value is -1.13. The summed E-state index contributed by atoms with van der Waals surface area (Å²) in [5.74, 6) is 0. The van der Waals surface area contributed by atoms with E-state index in [1.54, 1.807) is 0 Å². The van der Waals surface area contributed by atoms with E-state index in [2.05, 4.69) is 55.5 Å². The first-order chi connectivity index (χ1) is 6.79. The van der Waals surface area contributed by atoms with Gasteiger partial charge in [-0.3, -0.25) is 0 Å². The van der Waals surface area contributed by atoms with Crippen LogP contribution in [0.3, 0.4) is 0 Å². The molecule has 0 aromatic heterocycles. The van der Waals surface area contributed by atoms with E-state index in [9.17, 15) is 0 Å². The van der Waals surface area contributed by atoms with Crippen molar-refractivity contribution in [2.75, 3.05) is 0 Å². The van der Waals surface area contributed by atoms with Crippen molar-refractivity contribution in [1.29, 1.82) is 0 Å². The van der Waals surface area contributed by atoms with Crippen LogP contribution in [0.25, 0.3) is 11.1 Å². The van der Waals surface area contributed by atoms with E-state index in [-0.39, 0.29) is 0 Å². The molecule has 0 saturated heterocycles. The minimum atomic E-state index is 1.34. The molecule has 2 aromatic carbocycles. The molecule has 0 amide bonds. The molecule has 2 aromatic rings. The van der Waals surface area contributed by atoms with Gasteiger partial charge in [-0.1, -0.05) is 42.5 Å². The number of hydrogen-bond donors (Lipinski definition) is 0. The van der Waals surface area contributed by atoms with Gasteiger partial charge in [0.1, 0.15) is 0 Å². The zero-order valence-corrected chi connectivity index (χ0v) is 9.74. The molecule has 0 radical (unpaired) electrons. The number of hydrogen-bond acceptors (Lipinski definition) is 0. The molecule has 1 heteroatoms. The largest absolute Gasteiger partial charge is 0.0942 e. The summed E-state index contributed by atoms with van der Waals surface area (Å²) in [5, 5.41) is 1.36. The second kappa shape index (κ2) is 3.94. The van der Waals surface area contributed by atoms with E-state index < -0.39 is 0 Å². The van der Waals surface area contributed by atoms with Crippen molar-refractivity contribution in [3.8, 4) is 11.1 Å². The first kappa shape index (κ1) is 9.43. The summed E-state index contributed by atoms with van der Waals surface area (Å²) in [6.07, 6.45) is 0. The predicted octanol–water partition coefficient (Wildman–Crippen LogP) is 2.89. The normalized spacial score (nSPS) is 10.4. The Morgan fingerprint density at radius 1 is 0.786 bits per heavy atom. The Labute approximate surface area is 87.2 Å². The lowest BCUT2D eigenvalue weighted by Crippen LogP contribution is -1.96. The number of aryl methyl sites for hydroxylation is 1. The Balaban J connectivity index is 2.61. The fourth-order valence-corrected chi connectivity index (χ4v) is 2.10. The highest BCUT2D eigenvalue weighted by atomic mass is 31.0. The maximum absolute atomic E-state index is 2.19. The molecule has 0 heterocycles. The number of benzene rings is 2. The van der Waals surface area contributed by atoms with Gasteiger partial charge in [0.25, 0.3) is 0 Å². The Morgan fingerprint density at radius 2 is 1.36 bits per heavy atom.